The average molecular weight is 384 g/mol. The molecule has 5 nitrogen and oxygen atoms in total. The van der Waals surface area contributed by atoms with E-state index in [9.17, 15) is 4.79 Å². The van der Waals surface area contributed by atoms with Crippen LogP contribution in [0.5, 0.6) is 17.2 Å². The zero-order valence-electron chi connectivity index (χ0n) is 14.5. The van der Waals surface area contributed by atoms with E-state index in [4.69, 9.17) is 25.8 Å². The minimum Gasteiger partial charge on any atom is -0.490 e. The summed E-state index contributed by atoms with van der Waals surface area (Å²) in [6.45, 7) is 1.11. The molecular formula is C21H18ClNO4. The third kappa shape index (κ3) is 3.93. The molecule has 3 aromatic carbocycles. The number of hydrogen-bond donors (Lipinski definition) is 1. The smallest absolute Gasteiger partial charge is 0.262 e. The summed E-state index contributed by atoms with van der Waals surface area (Å²) >= 11 is 6.21. The Kier molecular flexibility index (Phi) is 5.03. The van der Waals surface area contributed by atoms with Gasteiger partial charge in [-0.1, -0.05) is 35.9 Å². The van der Waals surface area contributed by atoms with Crippen LogP contribution < -0.4 is 19.5 Å². The molecule has 0 bridgehead atoms. The van der Waals surface area contributed by atoms with Crippen LogP contribution in [0.2, 0.25) is 5.02 Å². The van der Waals surface area contributed by atoms with Gasteiger partial charge in [-0.3, -0.25) is 4.79 Å². The average Bonchev–Trinajstić information content (AvgIpc) is 2.93. The van der Waals surface area contributed by atoms with E-state index in [1.165, 1.54) is 0 Å². The summed E-state index contributed by atoms with van der Waals surface area (Å²) in [5.74, 6) is 1.68. The van der Waals surface area contributed by atoms with Crippen LogP contribution >= 0.6 is 11.6 Å². The standard InChI is InChI=1S/C21H18ClNO4/c22-17-7-9-18(16-5-2-1-4-15(16)17)27-13-21(24)23-14-6-8-19-20(12-14)26-11-3-10-25-19/h1-2,4-9,12H,3,10-11,13H2,(H,23,24). The van der Waals surface area contributed by atoms with Gasteiger partial charge in [0.2, 0.25) is 0 Å². The fourth-order valence-corrected chi connectivity index (χ4v) is 3.17. The van der Waals surface area contributed by atoms with E-state index in [0.29, 0.717) is 41.2 Å². The number of rotatable bonds is 4. The monoisotopic (exact) mass is 383 g/mol. The molecule has 1 amide bonds. The van der Waals surface area contributed by atoms with Gasteiger partial charge in [-0.2, -0.15) is 0 Å². The second kappa shape index (κ2) is 7.76. The van der Waals surface area contributed by atoms with E-state index < -0.39 is 0 Å². The lowest BCUT2D eigenvalue weighted by Gasteiger charge is -2.12. The molecule has 0 fully saturated rings. The molecule has 138 valence electrons. The molecule has 0 saturated carbocycles. The van der Waals surface area contributed by atoms with Crippen molar-refractivity contribution in [2.24, 2.45) is 0 Å². The predicted molar refractivity (Wildman–Crippen MR) is 105 cm³/mol. The number of carbonyl (C=O) groups is 1. The number of nitrogens with one attached hydrogen (secondary N) is 1. The van der Waals surface area contributed by atoms with E-state index in [-0.39, 0.29) is 12.5 Å². The molecule has 1 N–H and O–H groups in total. The van der Waals surface area contributed by atoms with E-state index in [1.807, 2.05) is 24.3 Å². The van der Waals surface area contributed by atoms with Crippen molar-refractivity contribution in [1.29, 1.82) is 0 Å². The van der Waals surface area contributed by atoms with Gasteiger partial charge >= 0.3 is 0 Å². The minimum atomic E-state index is -0.261. The number of amides is 1. The zero-order valence-corrected chi connectivity index (χ0v) is 15.3. The maximum Gasteiger partial charge on any atom is 0.262 e. The number of ether oxygens (including phenoxy) is 3. The Morgan fingerprint density at radius 1 is 1.00 bits per heavy atom. The van der Waals surface area contributed by atoms with Crippen LogP contribution in [0.1, 0.15) is 6.42 Å². The molecule has 0 atom stereocenters. The molecular weight excluding hydrogens is 366 g/mol. The summed E-state index contributed by atoms with van der Waals surface area (Å²) in [6, 6.07) is 16.5. The van der Waals surface area contributed by atoms with Gasteiger partial charge in [-0.25, -0.2) is 0 Å². The molecule has 3 aromatic rings. The highest BCUT2D eigenvalue weighted by Gasteiger charge is 2.13. The first-order valence-corrected chi connectivity index (χ1v) is 9.08. The maximum atomic E-state index is 12.3. The lowest BCUT2D eigenvalue weighted by molar-refractivity contribution is -0.118. The molecule has 27 heavy (non-hydrogen) atoms. The first-order chi connectivity index (χ1) is 13.2. The molecule has 0 aromatic heterocycles. The van der Waals surface area contributed by atoms with Crippen LogP contribution in [-0.2, 0) is 4.79 Å². The van der Waals surface area contributed by atoms with Crippen molar-refractivity contribution >= 4 is 34.0 Å². The second-order valence-corrected chi connectivity index (χ2v) is 6.55. The Labute approximate surface area is 161 Å². The molecule has 0 radical (unpaired) electrons. The van der Waals surface area contributed by atoms with Crippen molar-refractivity contribution in [2.75, 3.05) is 25.1 Å². The van der Waals surface area contributed by atoms with E-state index >= 15 is 0 Å². The Morgan fingerprint density at radius 2 is 1.78 bits per heavy atom. The second-order valence-electron chi connectivity index (χ2n) is 6.14. The van der Waals surface area contributed by atoms with Crippen molar-refractivity contribution in [2.45, 2.75) is 6.42 Å². The van der Waals surface area contributed by atoms with Gasteiger partial charge in [0.25, 0.3) is 5.91 Å². The first kappa shape index (κ1) is 17.5. The van der Waals surface area contributed by atoms with Crippen LogP contribution in [0.3, 0.4) is 0 Å². The van der Waals surface area contributed by atoms with E-state index in [0.717, 1.165) is 17.2 Å². The van der Waals surface area contributed by atoms with Crippen LogP contribution in [0.4, 0.5) is 5.69 Å². The predicted octanol–water partition coefficient (Wildman–Crippen LogP) is 4.67. The number of hydrogen-bond acceptors (Lipinski definition) is 4. The third-order valence-corrected chi connectivity index (χ3v) is 4.55. The van der Waals surface area contributed by atoms with Gasteiger partial charge in [-0.05, 0) is 24.3 Å². The summed E-state index contributed by atoms with van der Waals surface area (Å²) in [5, 5.41) is 5.22. The summed E-state index contributed by atoms with van der Waals surface area (Å²) in [6.07, 6.45) is 0.833. The Morgan fingerprint density at radius 3 is 2.63 bits per heavy atom. The van der Waals surface area contributed by atoms with Crippen molar-refractivity contribution in [3.05, 3.63) is 59.6 Å². The van der Waals surface area contributed by atoms with Crippen molar-refractivity contribution in [3.8, 4) is 17.2 Å². The number of halogens is 1. The fourth-order valence-electron chi connectivity index (χ4n) is 2.94. The molecule has 6 heteroatoms. The topological polar surface area (TPSA) is 56.8 Å². The number of carbonyl (C=O) groups excluding carboxylic acids is 1. The fraction of sp³-hybridized carbons (Fsp3) is 0.190. The maximum absolute atomic E-state index is 12.3. The summed E-state index contributed by atoms with van der Waals surface area (Å²) in [5.41, 5.74) is 0.633. The van der Waals surface area contributed by atoms with Crippen LogP contribution in [0.15, 0.2) is 54.6 Å². The normalized spacial score (nSPS) is 13.1. The first-order valence-electron chi connectivity index (χ1n) is 8.70. The Hall–Kier alpha value is -2.92. The molecule has 0 saturated heterocycles. The quantitative estimate of drug-likeness (QED) is 0.711. The number of anilines is 1. The highest BCUT2D eigenvalue weighted by Crippen LogP contribution is 2.33. The van der Waals surface area contributed by atoms with Gasteiger partial charge in [0.05, 0.1) is 13.2 Å². The summed E-state index contributed by atoms with van der Waals surface area (Å²) in [4.78, 5) is 12.3. The molecule has 0 aliphatic carbocycles. The van der Waals surface area contributed by atoms with Gasteiger partial charge in [0, 0.05) is 34.0 Å². The molecule has 1 heterocycles. The molecule has 1 aliphatic heterocycles. The highest BCUT2D eigenvalue weighted by molar-refractivity contribution is 6.35. The van der Waals surface area contributed by atoms with Crippen LogP contribution in [0.25, 0.3) is 10.8 Å². The van der Waals surface area contributed by atoms with Gasteiger partial charge in [-0.15, -0.1) is 0 Å². The lowest BCUT2D eigenvalue weighted by Crippen LogP contribution is -2.20. The molecule has 0 spiro atoms. The Bertz CT molecular complexity index is 989. The SMILES string of the molecule is O=C(COc1ccc(Cl)c2ccccc12)Nc1ccc2c(c1)OCCCO2. The molecule has 0 unspecified atom stereocenters. The number of benzene rings is 3. The molecule has 4 rings (SSSR count). The van der Waals surface area contributed by atoms with Crippen molar-refractivity contribution in [3.63, 3.8) is 0 Å². The van der Waals surface area contributed by atoms with Gasteiger partial charge in [0.1, 0.15) is 5.75 Å². The summed E-state index contributed by atoms with van der Waals surface area (Å²) in [7, 11) is 0. The minimum absolute atomic E-state index is 0.111. The van der Waals surface area contributed by atoms with Crippen molar-refractivity contribution < 1.29 is 19.0 Å². The van der Waals surface area contributed by atoms with Crippen LogP contribution in [-0.4, -0.2) is 25.7 Å². The molecule has 1 aliphatic rings. The van der Waals surface area contributed by atoms with E-state index in [2.05, 4.69) is 5.32 Å². The Balaban J connectivity index is 1.43. The summed E-state index contributed by atoms with van der Waals surface area (Å²) < 4.78 is 16.9. The van der Waals surface area contributed by atoms with Gasteiger partial charge in [0.15, 0.2) is 18.1 Å². The van der Waals surface area contributed by atoms with Crippen LogP contribution in [0, 0.1) is 0 Å². The lowest BCUT2D eigenvalue weighted by atomic mass is 10.1. The zero-order chi connectivity index (χ0) is 18.6. The van der Waals surface area contributed by atoms with E-state index in [1.54, 1.807) is 30.3 Å². The highest BCUT2D eigenvalue weighted by atomic mass is 35.5. The van der Waals surface area contributed by atoms with Crippen molar-refractivity contribution in [1.82, 2.24) is 0 Å². The number of fused-ring (bicyclic) bond motifs is 2. The largest absolute Gasteiger partial charge is 0.490 e. The van der Waals surface area contributed by atoms with Gasteiger partial charge < -0.3 is 19.5 Å². The third-order valence-electron chi connectivity index (χ3n) is 4.22.